The summed E-state index contributed by atoms with van der Waals surface area (Å²) in [5.41, 5.74) is 4.01. The highest BCUT2D eigenvalue weighted by atomic mass is 16.2. The van der Waals surface area contributed by atoms with E-state index in [4.69, 9.17) is 0 Å². The molecule has 2 aliphatic rings. The number of aromatic amines is 1. The summed E-state index contributed by atoms with van der Waals surface area (Å²) < 4.78 is 0. The number of rotatable bonds is 1. The Kier molecular flexibility index (Phi) is 1.86. The third-order valence-corrected chi connectivity index (χ3v) is 4.89. The fraction of sp³-hybridized carbons (Fsp3) is 0.176. The third-order valence-electron chi connectivity index (χ3n) is 4.89. The van der Waals surface area contributed by atoms with E-state index in [2.05, 4.69) is 33.7 Å². The predicted octanol–water partition coefficient (Wildman–Crippen LogP) is 2.94. The van der Waals surface area contributed by atoms with Gasteiger partial charge >= 0.3 is 0 Å². The fourth-order valence-corrected chi connectivity index (χ4v) is 3.73. The van der Waals surface area contributed by atoms with Crippen molar-refractivity contribution in [3.05, 3.63) is 59.8 Å². The molecule has 21 heavy (non-hydrogen) atoms. The van der Waals surface area contributed by atoms with E-state index in [0.29, 0.717) is 0 Å². The molecule has 1 aromatic heterocycles. The average Bonchev–Trinajstić information content (AvgIpc) is 2.97. The van der Waals surface area contributed by atoms with Gasteiger partial charge in [-0.15, -0.1) is 0 Å². The molecule has 4 nitrogen and oxygen atoms in total. The van der Waals surface area contributed by atoms with Gasteiger partial charge in [-0.25, -0.2) is 0 Å². The van der Waals surface area contributed by atoms with Gasteiger partial charge in [0.25, 0.3) is 0 Å². The van der Waals surface area contributed by atoms with E-state index in [9.17, 15) is 4.79 Å². The number of fused-ring (bicyclic) bond motifs is 3. The quantitative estimate of drug-likeness (QED) is 0.717. The molecule has 3 aromatic rings. The summed E-state index contributed by atoms with van der Waals surface area (Å²) in [4.78, 5) is 12.5. The molecule has 2 N–H and O–H groups in total. The minimum Gasteiger partial charge on any atom is -0.325 e. The van der Waals surface area contributed by atoms with Crippen molar-refractivity contribution in [3.8, 4) is 0 Å². The molecule has 0 radical (unpaired) electrons. The lowest BCUT2D eigenvalue weighted by Crippen LogP contribution is -2.20. The van der Waals surface area contributed by atoms with E-state index in [0.717, 1.165) is 28.6 Å². The molecule has 1 amide bonds. The smallest absolute Gasteiger partial charge is 0.235 e. The second-order valence-electron chi connectivity index (χ2n) is 5.94. The molecule has 0 bridgehead atoms. The van der Waals surface area contributed by atoms with Crippen molar-refractivity contribution in [1.82, 2.24) is 10.2 Å². The zero-order chi connectivity index (χ0) is 14.0. The van der Waals surface area contributed by atoms with Gasteiger partial charge in [-0.05, 0) is 35.7 Å². The van der Waals surface area contributed by atoms with Gasteiger partial charge in [0.1, 0.15) is 0 Å². The van der Waals surface area contributed by atoms with Crippen LogP contribution >= 0.6 is 0 Å². The number of nitrogens with zero attached hydrogens (tertiary/aromatic N) is 1. The molecule has 2 aromatic carbocycles. The van der Waals surface area contributed by atoms with E-state index in [1.165, 1.54) is 5.56 Å². The van der Waals surface area contributed by atoms with E-state index < -0.39 is 0 Å². The normalized spacial score (nSPS) is 26.1. The summed E-state index contributed by atoms with van der Waals surface area (Å²) in [6.07, 6.45) is 2.72. The molecule has 4 heteroatoms. The SMILES string of the molecule is O=C1Nc2ccccc2[C@]12C[C@@H]2c1ccc2[nH]ncc2c1. The maximum absolute atomic E-state index is 12.5. The van der Waals surface area contributed by atoms with Crippen molar-refractivity contribution in [3.63, 3.8) is 0 Å². The number of hydrogen-bond acceptors (Lipinski definition) is 2. The number of aromatic nitrogens is 2. The van der Waals surface area contributed by atoms with E-state index in [1.54, 1.807) is 0 Å². The van der Waals surface area contributed by atoms with Gasteiger partial charge in [-0.2, -0.15) is 5.10 Å². The van der Waals surface area contributed by atoms with E-state index in [1.807, 2.05) is 30.5 Å². The van der Waals surface area contributed by atoms with Crippen LogP contribution < -0.4 is 5.32 Å². The van der Waals surface area contributed by atoms with Crippen LogP contribution in [0.4, 0.5) is 5.69 Å². The highest BCUT2D eigenvalue weighted by Crippen LogP contribution is 2.64. The summed E-state index contributed by atoms with van der Waals surface area (Å²) in [7, 11) is 0. The Bertz CT molecular complexity index is 898. The molecule has 0 saturated heterocycles. The van der Waals surface area contributed by atoms with Crippen LogP contribution in [0.5, 0.6) is 0 Å². The number of nitrogens with one attached hydrogen (secondary N) is 2. The summed E-state index contributed by atoms with van der Waals surface area (Å²) in [6.45, 7) is 0. The van der Waals surface area contributed by atoms with Crippen molar-refractivity contribution < 1.29 is 4.79 Å². The Morgan fingerprint density at radius 3 is 3.05 bits per heavy atom. The topological polar surface area (TPSA) is 57.8 Å². The van der Waals surface area contributed by atoms with Crippen LogP contribution in [0, 0.1) is 0 Å². The largest absolute Gasteiger partial charge is 0.325 e. The average molecular weight is 275 g/mol. The Morgan fingerprint density at radius 2 is 2.10 bits per heavy atom. The van der Waals surface area contributed by atoms with Gasteiger partial charge in [0.15, 0.2) is 0 Å². The maximum Gasteiger partial charge on any atom is 0.235 e. The first kappa shape index (κ1) is 11.1. The van der Waals surface area contributed by atoms with Crippen LogP contribution in [0.1, 0.15) is 23.5 Å². The molecule has 1 spiro atoms. The van der Waals surface area contributed by atoms with Gasteiger partial charge in [0.05, 0.1) is 17.1 Å². The highest BCUT2D eigenvalue weighted by molar-refractivity contribution is 6.09. The van der Waals surface area contributed by atoms with Crippen molar-refractivity contribution in [2.24, 2.45) is 0 Å². The van der Waals surface area contributed by atoms with Crippen LogP contribution in [0.15, 0.2) is 48.7 Å². The number of amides is 1. The molecule has 0 unspecified atom stereocenters. The summed E-state index contributed by atoms with van der Waals surface area (Å²) in [5, 5.41) is 11.1. The minimum atomic E-state index is -0.353. The lowest BCUT2D eigenvalue weighted by molar-refractivity contribution is -0.118. The standard InChI is InChI=1S/C17H13N3O/c21-16-17(12-3-1-2-4-15(12)19-16)8-13(17)10-5-6-14-11(7-10)9-18-20-14/h1-7,9,13H,8H2,(H,18,20)(H,19,21)/t13-,17+/m1/s1. The minimum absolute atomic E-state index is 0.140. The molecular formula is C17H13N3O. The first-order valence-corrected chi connectivity index (χ1v) is 7.13. The first-order valence-electron chi connectivity index (χ1n) is 7.13. The van der Waals surface area contributed by atoms with Crippen molar-refractivity contribution >= 4 is 22.5 Å². The van der Waals surface area contributed by atoms with Gasteiger partial charge in [-0.1, -0.05) is 24.3 Å². The molecule has 1 saturated carbocycles. The molecule has 2 heterocycles. The number of H-pyrrole nitrogens is 1. The molecule has 1 aliphatic heterocycles. The summed E-state index contributed by atoms with van der Waals surface area (Å²) >= 11 is 0. The van der Waals surface area contributed by atoms with Crippen LogP contribution in [0.3, 0.4) is 0 Å². The van der Waals surface area contributed by atoms with Crippen LogP contribution in [-0.2, 0) is 10.2 Å². The third kappa shape index (κ3) is 1.29. The number of para-hydroxylation sites is 1. The van der Waals surface area contributed by atoms with Gasteiger partial charge < -0.3 is 5.32 Å². The summed E-state index contributed by atoms with van der Waals surface area (Å²) in [5.74, 6) is 0.404. The highest BCUT2D eigenvalue weighted by Gasteiger charge is 2.64. The second-order valence-corrected chi connectivity index (χ2v) is 5.94. The number of anilines is 1. The maximum atomic E-state index is 12.5. The van der Waals surface area contributed by atoms with Crippen molar-refractivity contribution in [2.75, 3.05) is 5.32 Å². The Labute approximate surface area is 121 Å². The van der Waals surface area contributed by atoms with E-state index in [-0.39, 0.29) is 17.2 Å². The molecule has 102 valence electrons. The first-order chi connectivity index (χ1) is 10.3. The Balaban J connectivity index is 1.63. The predicted molar refractivity (Wildman–Crippen MR) is 80.2 cm³/mol. The van der Waals surface area contributed by atoms with Crippen LogP contribution in [0.2, 0.25) is 0 Å². The van der Waals surface area contributed by atoms with Crippen molar-refractivity contribution in [1.29, 1.82) is 0 Å². The van der Waals surface area contributed by atoms with Gasteiger partial charge in [0.2, 0.25) is 5.91 Å². The second kappa shape index (κ2) is 3.52. The monoisotopic (exact) mass is 275 g/mol. The molecule has 1 aliphatic carbocycles. The number of carbonyl (C=O) groups is 1. The molecular weight excluding hydrogens is 262 g/mol. The fourth-order valence-electron chi connectivity index (χ4n) is 3.73. The molecule has 1 fully saturated rings. The zero-order valence-electron chi connectivity index (χ0n) is 11.3. The molecule has 5 rings (SSSR count). The lowest BCUT2D eigenvalue weighted by atomic mass is 9.92. The zero-order valence-corrected chi connectivity index (χ0v) is 11.3. The van der Waals surface area contributed by atoms with Gasteiger partial charge in [0, 0.05) is 17.0 Å². The number of hydrogen-bond donors (Lipinski definition) is 2. The van der Waals surface area contributed by atoms with Crippen LogP contribution in [-0.4, -0.2) is 16.1 Å². The Morgan fingerprint density at radius 1 is 1.19 bits per heavy atom. The van der Waals surface area contributed by atoms with Crippen molar-refractivity contribution in [2.45, 2.75) is 17.8 Å². The van der Waals surface area contributed by atoms with E-state index >= 15 is 0 Å². The number of carbonyl (C=O) groups excluding carboxylic acids is 1. The molecule has 2 atom stereocenters. The lowest BCUT2D eigenvalue weighted by Gasteiger charge is -2.08. The van der Waals surface area contributed by atoms with Crippen LogP contribution in [0.25, 0.3) is 10.9 Å². The van der Waals surface area contributed by atoms with Gasteiger partial charge in [-0.3, -0.25) is 9.89 Å². The Hall–Kier alpha value is -2.62. The number of benzene rings is 2. The summed E-state index contributed by atoms with van der Waals surface area (Å²) in [6, 6.07) is 14.3.